The molecule has 1 amide bonds. The molecule has 9 heteroatoms. The fourth-order valence-electron chi connectivity index (χ4n) is 4.47. The Morgan fingerprint density at radius 3 is 2.17 bits per heavy atom. The van der Waals surface area contributed by atoms with E-state index < -0.39 is 0 Å². The number of methoxy groups -OCH3 is 3. The molecular weight excluding hydrogens is 536 g/mol. The van der Waals surface area contributed by atoms with Crippen LogP contribution >= 0.6 is 0 Å². The number of likely N-dealkylation sites (N-methyl/N-ethyl adjacent to an activating group) is 1. The maximum atomic E-state index is 12.9. The Bertz CT molecular complexity index is 1460. The molecular formula is C33H36N2O7. The Balaban J connectivity index is 1.49. The zero-order chi connectivity index (χ0) is 30.1. The number of ether oxygens (including phenoxy) is 4. The monoisotopic (exact) mass is 572 g/mol. The number of carbonyl (C=O) groups is 2. The molecule has 3 aromatic rings. The van der Waals surface area contributed by atoms with Crippen LogP contribution < -0.4 is 18.9 Å². The Morgan fingerprint density at radius 2 is 1.50 bits per heavy atom. The van der Waals surface area contributed by atoms with Crippen LogP contribution in [0.2, 0.25) is 0 Å². The van der Waals surface area contributed by atoms with Crippen LogP contribution in [0.1, 0.15) is 27.0 Å². The average Bonchev–Trinajstić information content (AvgIpc) is 3.02. The first-order valence-corrected chi connectivity index (χ1v) is 13.5. The Morgan fingerprint density at radius 1 is 0.810 bits per heavy atom. The normalized spacial score (nSPS) is 13.9. The third-order valence-corrected chi connectivity index (χ3v) is 7.03. The van der Waals surface area contributed by atoms with E-state index in [1.165, 1.54) is 25.3 Å². The van der Waals surface area contributed by atoms with Crippen molar-refractivity contribution in [1.82, 2.24) is 9.80 Å². The number of rotatable bonds is 11. The van der Waals surface area contributed by atoms with E-state index in [0.29, 0.717) is 41.7 Å². The average molecular weight is 573 g/mol. The lowest BCUT2D eigenvalue weighted by atomic mass is 10.0. The largest absolute Gasteiger partial charge is 0.507 e. The lowest BCUT2D eigenvalue weighted by Crippen LogP contribution is -2.48. The van der Waals surface area contributed by atoms with E-state index in [0.717, 1.165) is 24.2 Å². The topological polar surface area (TPSA) is 97.8 Å². The van der Waals surface area contributed by atoms with Crippen molar-refractivity contribution in [2.75, 3.05) is 61.2 Å². The van der Waals surface area contributed by atoms with E-state index in [9.17, 15) is 14.7 Å². The highest BCUT2D eigenvalue weighted by Crippen LogP contribution is 2.32. The molecule has 0 atom stereocenters. The van der Waals surface area contributed by atoms with Crippen molar-refractivity contribution in [1.29, 1.82) is 0 Å². The van der Waals surface area contributed by atoms with E-state index in [1.54, 1.807) is 32.4 Å². The summed E-state index contributed by atoms with van der Waals surface area (Å²) >= 11 is 0. The number of piperazine rings is 1. The van der Waals surface area contributed by atoms with E-state index >= 15 is 0 Å². The maximum Gasteiger partial charge on any atom is 0.260 e. The van der Waals surface area contributed by atoms with Gasteiger partial charge in [-0.2, -0.15) is 0 Å². The second kappa shape index (κ2) is 14.2. The highest BCUT2D eigenvalue weighted by molar-refractivity contribution is 6.09. The lowest BCUT2D eigenvalue weighted by molar-refractivity contribution is -0.134. The van der Waals surface area contributed by atoms with Crippen molar-refractivity contribution in [2.45, 2.75) is 0 Å². The molecule has 0 bridgehead atoms. The quantitative estimate of drug-likeness (QED) is 0.202. The summed E-state index contributed by atoms with van der Waals surface area (Å²) in [6, 6.07) is 15.5. The van der Waals surface area contributed by atoms with Gasteiger partial charge >= 0.3 is 0 Å². The summed E-state index contributed by atoms with van der Waals surface area (Å²) in [4.78, 5) is 29.4. The summed E-state index contributed by atoms with van der Waals surface area (Å²) in [7, 11) is 6.66. The van der Waals surface area contributed by atoms with Crippen LogP contribution in [0.5, 0.6) is 28.7 Å². The second-order valence-corrected chi connectivity index (χ2v) is 9.79. The second-order valence-electron chi connectivity index (χ2n) is 9.79. The van der Waals surface area contributed by atoms with Crippen molar-refractivity contribution in [3.05, 3.63) is 82.9 Å². The molecule has 1 heterocycles. The van der Waals surface area contributed by atoms with Gasteiger partial charge < -0.3 is 33.9 Å². The summed E-state index contributed by atoms with van der Waals surface area (Å²) in [6.45, 7) is 3.17. The van der Waals surface area contributed by atoms with Crippen LogP contribution in [0.3, 0.4) is 0 Å². The molecule has 9 nitrogen and oxygen atoms in total. The first-order chi connectivity index (χ1) is 20.3. The summed E-state index contributed by atoms with van der Waals surface area (Å²) < 4.78 is 22.0. The van der Waals surface area contributed by atoms with Gasteiger partial charge in [0.2, 0.25) is 0 Å². The fourth-order valence-corrected chi connectivity index (χ4v) is 4.47. The maximum absolute atomic E-state index is 12.9. The van der Waals surface area contributed by atoms with Crippen LogP contribution in [-0.4, -0.2) is 87.8 Å². The van der Waals surface area contributed by atoms with Gasteiger partial charge in [-0.3, -0.25) is 9.59 Å². The molecule has 42 heavy (non-hydrogen) atoms. The molecule has 0 aromatic heterocycles. The van der Waals surface area contributed by atoms with Gasteiger partial charge in [0.05, 0.1) is 26.9 Å². The third kappa shape index (κ3) is 7.70. The van der Waals surface area contributed by atoms with E-state index in [-0.39, 0.29) is 29.6 Å². The number of hydrogen-bond acceptors (Lipinski definition) is 8. The first kappa shape index (κ1) is 30.2. The van der Waals surface area contributed by atoms with Gasteiger partial charge in [-0.15, -0.1) is 0 Å². The first-order valence-electron chi connectivity index (χ1n) is 13.5. The van der Waals surface area contributed by atoms with Crippen molar-refractivity contribution in [3.8, 4) is 28.7 Å². The molecule has 0 radical (unpaired) electrons. The lowest BCUT2D eigenvalue weighted by Gasteiger charge is -2.32. The highest BCUT2D eigenvalue weighted by atomic mass is 16.5. The van der Waals surface area contributed by atoms with E-state index in [1.807, 2.05) is 54.4 Å². The summed E-state index contributed by atoms with van der Waals surface area (Å²) in [5.41, 5.74) is 2.44. The summed E-state index contributed by atoms with van der Waals surface area (Å²) in [5.74, 6) is 1.65. The number of ketones is 1. The number of phenols is 1. The molecule has 1 aliphatic heterocycles. The summed E-state index contributed by atoms with van der Waals surface area (Å²) in [5, 5.41) is 10.2. The van der Waals surface area contributed by atoms with Crippen LogP contribution in [0.4, 0.5) is 0 Å². The number of allylic oxidation sites excluding steroid dienone is 1. The van der Waals surface area contributed by atoms with Crippen LogP contribution in [0.25, 0.3) is 18.2 Å². The molecule has 4 rings (SSSR count). The van der Waals surface area contributed by atoms with Crippen LogP contribution in [0.15, 0.2) is 60.7 Å². The molecule has 220 valence electrons. The highest BCUT2D eigenvalue weighted by Gasteiger charge is 2.19. The van der Waals surface area contributed by atoms with Crippen LogP contribution in [-0.2, 0) is 4.79 Å². The van der Waals surface area contributed by atoms with Gasteiger partial charge in [-0.25, -0.2) is 0 Å². The molecule has 0 aliphatic carbocycles. The number of phenolic OH excluding ortho intramolecular Hbond substituents is 1. The molecule has 0 unspecified atom stereocenters. The van der Waals surface area contributed by atoms with E-state index in [4.69, 9.17) is 18.9 Å². The number of hydrogen-bond donors (Lipinski definition) is 1. The van der Waals surface area contributed by atoms with Gasteiger partial charge in [0.15, 0.2) is 12.4 Å². The van der Waals surface area contributed by atoms with Crippen molar-refractivity contribution in [3.63, 3.8) is 0 Å². The SMILES string of the molecule is COc1cc(/C=C/c2ccc(OCC(=O)N3CCN(C)CC3)cc2)c(/C=C/C(=O)c2cc(OC)ccc2O)c(OC)c1. The predicted octanol–water partition coefficient (Wildman–Crippen LogP) is 4.64. The predicted molar refractivity (Wildman–Crippen MR) is 163 cm³/mol. The number of benzene rings is 3. The Labute approximate surface area is 246 Å². The molecule has 3 aromatic carbocycles. The number of amides is 1. The minimum absolute atomic E-state index is 0.00442. The number of aromatic hydroxyl groups is 1. The minimum atomic E-state index is -0.388. The van der Waals surface area contributed by atoms with Gasteiger partial charge in [-0.1, -0.05) is 24.3 Å². The molecule has 1 aliphatic rings. The summed E-state index contributed by atoms with van der Waals surface area (Å²) in [6.07, 6.45) is 6.84. The van der Waals surface area contributed by atoms with Crippen molar-refractivity contribution >= 4 is 29.9 Å². The van der Waals surface area contributed by atoms with Gasteiger partial charge in [0.25, 0.3) is 5.91 Å². The Hall–Kier alpha value is -4.76. The van der Waals surface area contributed by atoms with Gasteiger partial charge in [0, 0.05) is 37.8 Å². The molecule has 1 saturated heterocycles. The zero-order valence-corrected chi connectivity index (χ0v) is 24.3. The van der Waals surface area contributed by atoms with Gasteiger partial charge in [0.1, 0.15) is 28.7 Å². The fraction of sp³-hybridized carbons (Fsp3) is 0.273. The number of carbonyl (C=O) groups excluding carboxylic acids is 2. The minimum Gasteiger partial charge on any atom is -0.507 e. The van der Waals surface area contributed by atoms with Crippen molar-refractivity contribution in [2.24, 2.45) is 0 Å². The third-order valence-electron chi connectivity index (χ3n) is 7.03. The van der Waals surface area contributed by atoms with Crippen LogP contribution in [0, 0.1) is 0 Å². The van der Waals surface area contributed by atoms with Gasteiger partial charge in [-0.05, 0) is 66.7 Å². The molecule has 0 saturated carbocycles. The zero-order valence-electron chi connectivity index (χ0n) is 24.3. The van der Waals surface area contributed by atoms with Crippen molar-refractivity contribution < 1.29 is 33.6 Å². The molecule has 0 spiro atoms. The number of nitrogens with zero attached hydrogens (tertiary/aromatic N) is 2. The molecule has 1 N–H and O–H groups in total. The smallest absolute Gasteiger partial charge is 0.260 e. The Kier molecular flexibility index (Phi) is 10.2. The molecule has 1 fully saturated rings. The van der Waals surface area contributed by atoms with E-state index in [2.05, 4.69) is 4.90 Å². The standard InChI is InChI=1S/C33H36N2O7/c1-34-15-17-35(18-16-34)33(38)22-42-25-9-6-23(7-10-25)5-8-24-19-27(40-3)21-32(41-4)28(24)12-14-31(37)29-20-26(39-2)11-13-30(29)36/h5-14,19-21,36H,15-18,22H2,1-4H3/b8-5+,14-12+.